The summed E-state index contributed by atoms with van der Waals surface area (Å²) in [6.45, 7) is 0. The fourth-order valence-electron chi connectivity index (χ4n) is 1.01. The van der Waals surface area contributed by atoms with E-state index >= 15 is 0 Å². The van der Waals surface area contributed by atoms with Crippen LogP contribution in [-0.2, 0) is 0 Å². The molecule has 0 aromatic carbocycles. The third kappa shape index (κ3) is 1.56. The molecule has 5 nitrogen and oxygen atoms in total. The largest absolute Gasteiger partial charge is 0.397 e. The molecule has 0 aliphatic rings. The van der Waals surface area contributed by atoms with E-state index in [1.54, 1.807) is 0 Å². The van der Waals surface area contributed by atoms with Crippen molar-refractivity contribution in [3.05, 3.63) is 17.5 Å². The van der Waals surface area contributed by atoms with Crippen LogP contribution in [0.15, 0.2) is 6.20 Å². The lowest BCUT2D eigenvalue weighted by Crippen LogP contribution is -2.18. The van der Waals surface area contributed by atoms with E-state index in [0.717, 1.165) is 6.20 Å². The van der Waals surface area contributed by atoms with Gasteiger partial charge in [-0.05, 0) is 0 Å². The van der Waals surface area contributed by atoms with E-state index in [9.17, 15) is 13.6 Å². The van der Waals surface area contributed by atoms with Crippen LogP contribution in [0.1, 0.15) is 22.5 Å². The molecule has 0 aliphatic heterocycles. The van der Waals surface area contributed by atoms with Gasteiger partial charge < -0.3 is 17.2 Å². The number of alkyl halides is 2. The molecule has 0 radical (unpaired) electrons. The van der Waals surface area contributed by atoms with Crippen LogP contribution in [0.25, 0.3) is 0 Å². The molecule has 1 aromatic rings. The van der Waals surface area contributed by atoms with Gasteiger partial charge in [-0.15, -0.1) is 0 Å². The van der Waals surface area contributed by atoms with Gasteiger partial charge in [0.25, 0.3) is 12.3 Å². The standard InChI is InChI=1S/C7H8F2N4O/c8-6(9)5-4(11)3(7(12)14)2(10)1-13-5/h1,6H,10-11H2,(H2,12,14). The minimum Gasteiger partial charge on any atom is -0.397 e. The monoisotopic (exact) mass is 202 g/mol. The quantitative estimate of drug-likeness (QED) is 0.640. The van der Waals surface area contributed by atoms with Crippen LogP contribution in [0, 0.1) is 0 Å². The molecule has 1 heterocycles. The predicted molar refractivity (Wildman–Crippen MR) is 46.5 cm³/mol. The first-order valence-corrected chi connectivity index (χ1v) is 3.57. The third-order valence-electron chi connectivity index (χ3n) is 1.63. The van der Waals surface area contributed by atoms with E-state index in [4.69, 9.17) is 17.2 Å². The first-order chi connectivity index (χ1) is 6.45. The van der Waals surface area contributed by atoms with Crippen molar-refractivity contribution in [2.24, 2.45) is 5.73 Å². The van der Waals surface area contributed by atoms with Crippen molar-refractivity contribution in [1.29, 1.82) is 0 Å². The Bertz CT molecular complexity index is 380. The van der Waals surface area contributed by atoms with E-state index < -0.39 is 23.7 Å². The van der Waals surface area contributed by atoms with Crippen molar-refractivity contribution in [1.82, 2.24) is 4.98 Å². The van der Waals surface area contributed by atoms with E-state index in [1.807, 2.05) is 0 Å². The van der Waals surface area contributed by atoms with E-state index in [2.05, 4.69) is 4.98 Å². The van der Waals surface area contributed by atoms with E-state index in [-0.39, 0.29) is 11.3 Å². The number of amides is 1. The minimum absolute atomic E-state index is 0.112. The van der Waals surface area contributed by atoms with Gasteiger partial charge in [0.15, 0.2) is 0 Å². The van der Waals surface area contributed by atoms with Crippen molar-refractivity contribution in [2.75, 3.05) is 11.5 Å². The highest BCUT2D eigenvalue weighted by Gasteiger charge is 2.20. The summed E-state index contributed by atoms with van der Waals surface area (Å²) in [6, 6.07) is 0. The summed E-state index contributed by atoms with van der Waals surface area (Å²) in [5.74, 6) is -0.954. The van der Waals surface area contributed by atoms with Crippen LogP contribution in [0.4, 0.5) is 20.2 Å². The van der Waals surface area contributed by atoms with E-state index in [1.165, 1.54) is 0 Å². The number of hydrogen-bond donors (Lipinski definition) is 3. The maximum atomic E-state index is 12.3. The molecule has 1 rings (SSSR count). The van der Waals surface area contributed by atoms with Crippen LogP contribution in [0.2, 0.25) is 0 Å². The number of hydrogen-bond acceptors (Lipinski definition) is 4. The van der Waals surface area contributed by atoms with Crippen LogP contribution < -0.4 is 17.2 Å². The summed E-state index contributed by atoms with van der Waals surface area (Å²) in [5.41, 5.74) is 13.9. The van der Waals surface area contributed by atoms with Crippen LogP contribution in [0.3, 0.4) is 0 Å². The molecule has 0 unspecified atom stereocenters. The van der Waals surface area contributed by atoms with Crippen molar-refractivity contribution in [3.8, 4) is 0 Å². The number of anilines is 2. The van der Waals surface area contributed by atoms with Gasteiger partial charge in [-0.25, -0.2) is 8.78 Å². The van der Waals surface area contributed by atoms with Gasteiger partial charge in [0, 0.05) is 0 Å². The highest BCUT2D eigenvalue weighted by atomic mass is 19.3. The number of nitrogen functional groups attached to an aromatic ring is 2. The number of pyridine rings is 1. The van der Waals surface area contributed by atoms with Gasteiger partial charge in [-0.1, -0.05) is 0 Å². The Kier molecular flexibility index (Phi) is 2.50. The Morgan fingerprint density at radius 1 is 1.43 bits per heavy atom. The number of aromatic nitrogens is 1. The van der Waals surface area contributed by atoms with Gasteiger partial charge in [0.05, 0.1) is 23.1 Å². The lowest BCUT2D eigenvalue weighted by atomic mass is 10.1. The molecule has 1 aromatic heterocycles. The van der Waals surface area contributed by atoms with Crippen molar-refractivity contribution in [3.63, 3.8) is 0 Å². The second-order valence-electron chi connectivity index (χ2n) is 2.55. The highest BCUT2D eigenvalue weighted by Crippen LogP contribution is 2.28. The van der Waals surface area contributed by atoms with Crippen LogP contribution in [-0.4, -0.2) is 10.9 Å². The fourth-order valence-corrected chi connectivity index (χ4v) is 1.01. The Balaban J connectivity index is 3.41. The molecule has 0 saturated heterocycles. The van der Waals surface area contributed by atoms with Gasteiger partial charge >= 0.3 is 0 Å². The molecule has 7 heteroatoms. The second-order valence-corrected chi connectivity index (χ2v) is 2.55. The number of halogens is 2. The molecule has 0 atom stereocenters. The first kappa shape index (κ1) is 10.2. The number of carbonyl (C=O) groups excluding carboxylic acids is 1. The zero-order chi connectivity index (χ0) is 10.9. The summed E-state index contributed by atoms with van der Waals surface area (Å²) in [7, 11) is 0. The minimum atomic E-state index is -2.87. The number of rotatable bonds is 2. The molecular weight excluding hydrogens is 194 g/mol. The number of nitrogens with zero attached hydrogens (tertiary/aromatic N) is 1. The van der Waals surface area contributed by atoms with Gasteiger partial charge in [-0.2, -0.15) is 0 Å². The first-order valence-electron chi connectivity index (χ1n) is 3.57. The van der Waals surface area contributed by atoms with Gasteiger partial charge in [0.1, 0.15) is 5.69 Å². The molecule has 0 bridgehead atoms. The molecule has 76 valence electrons. The summed E-state index contributed by atoms with van der Waals surface area (Å²) >= 11 is 0. The van der Waals surface area contributed by atoms with Crippen molar-refractivity contribution < 1.29 is 13.6 Å². The molecular formula is C7H8F2N4O. The maximum Gasteiger partial charge on any atom is 0.282 e. The summed E-state index contributed by atoms with van der Waals surface area (Å²) in [5, 5.41) is 0. The Morgan fingerprint density at radius 2 is 2.00 bits per heavy atom. The molecule has 6 N–H and O–H groups in total. The second kappa shape index (κ2) is 3.44. The lowest BCUT2D eigenvalue weighted by molar-refractivity contribution is 0.100. The van der Waals surface area contributed by atoms with Crippen molar-refractivity contribution in [2.45, 2.75) is 6.43 Å². The number of nitrogens with two attached hydrogens (primary N) is 3. The summed E-state index contributed by atoms with van der Waals surface area (Å²) in [6.07, 6.45) is -1.94. The molecule has 0 aliphatic carbocycles. The van der Waals surface area contributed by atoms with E-state index in [0.29, 0.717) is 0 Å². The number of primary amides is 1. The zero-order valence-electron chi connectivity index (χ0n) is 7.00. The summed E-state index contributed by atoms with van der Waals surface area (Å²) < 4.78 is 24.5. The summed E-state index contributed by atoms with van der Waals surface area (Å²) in [4.78, 5) is 14.1. The Labute approximate surface area is 77.9 Å². The van der Waals surface area contributed by atoms with Crippen LogP contribution in [0.5, 0.6) is 0 Å². The third-order valence-corrected chi connectivity index (χ3v) is 1.63. The van der Waals surface area contributed by atoms with Gasteiger partial charge in [0.2, 0.25) is 0 Å². The highest BCUT2D eigenvalue weighted by molar-refractivity contribution is 6.03. The van der Waals surface area contributed by atoms with Crippen molar-refractivity contribution >= 4 is 17.3 Å². The maximum absolute atomic E-state index is 12.3. The normalized spacial score (nSPS) is 10.5. The molecule has 0 spiro atoms. The number of carbonyl (C=O) groups is 1. The fraction of sp³-hybridized carbons (Fsp3) is 0.143. The average Bonchev–Trinajstić information content (AvgIpc) is 2.02. The lowest BCUT2D eigenvalue weighted by Gasteiger charge is -2.09. The Hall–Kier alpha value is -1.92. The topological polar surface area (TPSA) is 108 Å². The molecule has 0 fully saturated rings. The smallest absolute Gasteiger partial charge is 0.282 e. The molecule has 1 amide bonds. The van der Waals surface area contributed by atoms with Gasteiger partial charge in [-0.3, -0.25) is 9.78 Å². The Morgan fingerprint density at radius 3 is 2.43 bits per heavy atom. The molecule has 0 saturated carbocycles. The predicted octanol–water partition coefficient (Wildman–Crippen LogP) is 0.282. The SMILES string of the molecule is NC(=O)c1c(N)cnc(C(F)F)c1N. The zero-order valence-corrected chi connectivity index (χ0v) is 7.00. The van der Waals surface area contributed by atoms with Crippen LogP contribution >= 0.6 is 0 Å². The average molecular weight is 202 g/mol. The molecule has 14 heavy (non-hydrogen) atoms.